The van der Waals surface area contributed by atoms with Gasteiger partial charge in [0.2, 0.25) is 0 Å². The summed E-state index contributed by atoms with van der Waals surface area (Å²) in [4.78, 5) is 25.4. The molecule has 0 aliphatic heterocycles. The van der Waals surface area contributed by atoms with E-state index in [9.17, 15) is 9.59 Å². The highest BCUT2D eigenvalue weighted by Crippen LogP contribution is 2.34. The number of allylic oxidation sites excluding steroid dienone is 1. The second kappa shape index (κ2) is 8.39. The van der Waals surface area contributed by atoms with Crippen molar-refractivity contribution in [1.82, 2.24) is 4.90 Å². The standard InChI is InChI=1S/C18H14Cl3NO3/c1-22(2)18(24)25-17-11(9-12(19)10-15(17)21)7-8-16(23)13-5-3-4-6-14(13)20/h3-10H,1-2H3/b8-7+. The lowest BCUT2D eigenvalue weighted by molar-refractivity contribution is 0.104. The van der Waals surface area contributed by atoms with Gasteiger partial charge < -0.3 is 9.64 Å². The molecule has 7 heteroatoms. The van der Waals surface area contributed by atoms with Crippen molar-refractivity contribution >= 4 is 52.8 Å². The average molecular weight is 399 g/mol. The molecule has 25 heavy (non-hydrogen) atoms. The average Bonchev–Trinajstić information content (AvgIpc) is 2.55. The molecule has 2 aromatic carbocycles. The molecule has 0 saturated carbocycles. The van der Waals surface area contributed by atoms with Crippen molar-refractivity contribution < 1.29 is 14.3 Å². The molecular formula is C18H14Cl3NO3. The molecule has 0 fully saturated rings. The minimum Gasteiger partial charge on any atom is -0.408 e. The van der Waals surface area contributed by atoms with Crippen molar-refractivity contribution in [3.63, 3.8) is 0 Å². The predicted molar refractivity (Wildman–Crippen MR) is 101 cm³/mol. The van der Waals surface area contributed by atoms with E-state index in [4.69, 9.17) is 39.5 Å². The molecule has 4 nitrogen and oxygen atoms in total. The lowest BCUT2D eigenvalue weighted by Crippen LogP contribution is -2.25. The number of nitrogens with zero attached hydrogens (tertiary/aromatic N) is 1. The monoisotopic (exact) mass is 397 g/mol. The highest BCUT2D eigenvalue weighted by molar-refractivity contribution is 6.36. The summed E-state index contributed by atoms with van der Waals surface area (Å²) in [6.07, 6.45) is 2.19. The van der Waals surface area contributed by atoms with Gasteiger partial charge in [0.15, 0.2) is 11.5 Å². The Morgan fingerprint density at radius 1 is 1.04 bits per heavy atom. The van der Waals surface area contributed by atoms with E-state index in [-0.39, 0.29) is 16.6 Å². The van der Waals surface area contributed by atoms with Gasteiger partial charge in [-0.15, -0.1) is 0 Å². The molecule has 0 atom stereocenters. The zero-order valence-corrected chi connectivity index (χ0v) is 15.7. The van der Waals surface area contributed by atoms with Crippen LogP contribution in [0.5, 0.6) is 5.75 Å². The quantitative estimate of drug-likeness (QED) is 0.497. The zero-order valence-electron chi connectivity index (χ0n) is 13.4. The van der Waals surface area contributed by atoms with Crippen LogP contribution in [0.1, 0.15) is 15.9 Å². The molecule has 130 valence electrons. The Kier molecular flexibility index (Phi) is 6.48. The Labute approximate surface area is 160 Å². The van der Waals surface area contributed by atoms with Crippen LogP contribution in [-0.4, -0.2) is 30.9 Å². The molecule has 2 aromatic rings. The van der Waals surface area contributed by atoms with Gasteiger partial charge in [-0.3, -0.25) is 4.79 Å². The molecule has 0 radical (unpaired) electrons. The van der Waals surface area contributed by atoms with Gasteiger partial charge in [-0.25, -0.2) is 4.79 Å². The van der Waals surface area contributed by atoms with Gasteiger partial charge in [-0.1, -0.05) is 46.9 Å². The summed E-state index contributed by atoms with van der Waals surface area (Å²) in [5.74, 6) is -0.181. The van der Waals surface area contributed by atoms with E-state index in [0.717, 1.165) is 0 Å². The number of carbonyl (C=O) groups excluding carboxylic acids is 2. The maximum atomic E-state index is 12.3. The van der Waals surface area contributed by atoms with Crippen LogP contribution in [-0.2, 0) is 0 Å². The molecule has 0 aromatic heterocycles. The molecular weight excluding hydrogens is 385 g/mol. The number of carbonyl (C=O) groups is 2. The van der Waals surface area contributed by atoms with E-state index in [1.807, 2.05) is 0 Å². The van der Waals surface area contributed by atoms with Crippen LogP contribution in [0.15, 0.2) is 42.5 Å². The number of amides is 1. The third-order valence-corrected chi connectivity index (χ3v) is 3.97. The molecule has 0 aliphatic rings. The van der Waals surface area contributed by atoms with Crippen LogP contribution in [0, 0.1) is 0 Å². The third kappa shape index (κ3) is 4.98. The molecule has 0 heterocycles. The highest BCUT2D eigenvalue weighted by atomic mass is 35.5. The molecule has 0 unspecified atom stereocenters. The zero-order chi connectivity index (χ0) is 18.6. The first-order chi connectivity index (χ1) is 11.8. The lowest BCUT2D eigenvalue weighted by Gasteiger charge is -2.14. The van der Waals surface area contributed by atoms with Crippen LogP contribution in [0.2, 0.25) is 15.1 Å². The fraction of sp³-hybridized carbons (Fsp3) is 0.111. The molecule has 0 bridgehead atoms. The van der Waals surface area contributed by atoms with Crippen molar-refractivity contribution in [2.75, 3.05) is 14.1 Å². The molecule has 2 rings (SSSR count). The van der Waals surface area contributed by atoms with Crippen molar-refractivity contribution in [3.8, 4) is 5.75 Å². The van der Waals surface area contributed by atoms with E-state index in [2.05, 4.69) is 0 Å². The fourth-order valence-electron chi connectivity index (χ4n) is 1.91. The third-order valence-electron chi connectivity index (χ3n) is 3.15. The van der Waals surface area contributed by atoms with Crippen molar-refractivity contribution in [2.45, 2.75) is 0 Å². The fourth-order valence-corrected chi connectivity index (χ4v) is 2.68. The molecule has 0 aliphatic carbocycles. The maximum absolute atomic E-state index is 12.3. The van der Waals surface area contributed by atoms with Crippen LogP contribution in [0.25, 0.3) is 6.08 Å². The first kappa shape index (κ1) is 19.3. The molecule has 1 amide bonds. The summed E-state index contributed by atoms with van der Waals surface area (Å²) in [7, 11) is 3.09. The minimum absolute atomic E-state index is 0.118. The van der Waals surface area contributed by atoms with E-state index >= 15 is 0 Å². The molecule has 0 spiro atoms. The van der Waals surface area contributed by atoms with E-state index < -0.39 is 6.09 Å². The first-order valence-corrected chi connectivity index (χ1v) is 8.28. The van der Waals surface area contributed by atoms with Crippen LogP contribution < -0.4 is 4.74 Å². The normalized spacial score (nSPS) is 10.8. The van der Waals surface area contributed by atoms with E-state index in [1.165, 1.54) is 23.1 Å². The summed E-state index contributed by atoms with van der Waals surface area (Å²) in [6, 6.07) is 9.69. The van der Waals surface area contributed by atoms with Gasteiger partial charge in [-0.05, 0) is 36.4 Å². The van der Waals surface area contributed by atoms with E-state index in [1.54, 1.807) is 44.4 Å². The summed E-state index contributed by atoms with van der Waals surface area (Å²) >= 11 is 18.1. The van der Waals surface area contributed by atoms with Gasteiger partial charge in [0.05, 0.1) is 10.0 Å². The lowest BCUT2D eigenvalue weighted by atomic mass is 10.1. The van der Waals surface area contributed by atoms with Crippen molar-refractivity contribution in [1.29, 1.82) is 0 Å². The van der Waals surface area contributed by atoms with Gasteiger partial charge in [-0.2, -0.15) is 0 Å². The number of halogens is 3. The Balaban J connectivity index is 2.36. The predicted octanol–water partition coefficient (Wildman–Crippen LogP) is 5.60. The maximum Gasteiger partial charge on any atom is 0.414 e. The Morgan fingerprint density at radius 2 is 1.72 bits per heavy atom. The van der Waals surface area contributed by atoms with Crippen molar-refractivity contribution in [3.05, 3.63) is 68.7 Å². The Morgan fingerprint density at radius 3 is 2.36 bits per heavy atom. The molecule has 0 saturated heterocycles. The van der Waals surface area contributed by atoms with Crippen molar-refractivity contribution in [2.24, 2.45) is 0 Å². The number of benzene rings is 2. The van der Waals surface area contributed by atoms with Gasteiger partial charge in [0, 0.05) is 30.2 Å². The summed E-state index contributed by atoms with van der Waals surface area (Å²) < 4.78 is 5.26. The number of hydrogen-bond acceptors (Lipinski definition) is 3. The summed E-state index contributed by atoms with van der Waals surface area (Å²) in [6.45, 7) is 0. The molecule has 0 N–H and O–H groups in total. The van der Waals surface area contributed by atoms with Gasteiger partial charge in [0.1, 0.15) is 0 Å². The topological polar surface area (TPSA) is 46.6 Å². The second-order valence-corrected chi connectivity index (χ2v) is 6.50. The SMILES string of the molecule is CN(C)C(=O)Oc1c(Cl)cc(Cl)cc1/C=C/C(=O)c1ccccc1Cl. The Bertz CT molecular complexity index is 847. The second-order valence-electron chi connectivity index (χ2n) is 5.25. The minimum atomic E-state index is -0.601. The van der Waals surface area contributed by atoms with Crippen LogP contribution >= 0.6 is 34.8 Å². The number of hydrogen-bond donors (Lipinski definition) is 0. The summed E-state index contributed by atoms with van der Waals surface area (Å²) in [5, 5.41) is 0.854. The first-order valence-electron chi connectivity index (χ1n) is 7.14. The number of rotatable bonds is 4. The summed E-state index contributed by atoms with van der Waals surface area (Å²) in [5.41, 5.74) is 0.758. The highest BCUT2D eigenvalue weighted by Gasteiger charge is 2.15. The van der Waals surface area contributed by atoms with Crippen LogP contribution in [0.4, 0.5) is 4.79 Å². The number of ether oxygens (including phenoxy) is 1. The van der Waals surface area contributed by atoms with Gasteiger partial charge in [0.25, 0.3) is 0 Å². The van der Waals surface area contributed by atoms with Crippen LogP contribution in [0.3, 0.4) is 0 Å². The number of ketones is 1. The van der Waals surface area contributed by atoms with E-state index in [0.29, 0.717) is 21.2 Å². The largest absolute Gasteiger partial charge is 0.414 e. The Hall–Kier alpha value is -2.01. The van der Waals surface area contributed by atoms with Gasteiger partial charge >= 0.3 is 6.09 Å². The smallest absolute Gasteiger partial charge is 0.408 e.